The molecule has 0 aliphatic carbocycles. The molecule has 2 aromatic rings. The van der Waals surface area contributed by atoms with Gasteiger partial charge in [-0.25, -0.2) is 4.98 Å². The summed E-state index contributed by atoms with van der Waals surface area (Å²) in [4.78, 5) is 14.7. The van der Waals surface area contributed by atoms with Crippen molar-refractivity contribution in [3.8, 4) is 0 Å². The van der Waals surface area contributed by atoms with Gasteiger partial charge in [-0.3, -0.25) is 10.1 Å². The molecule has 2 rings (SSSR count). The van der Waals surface area contributed by atoms with Crippen LogP contribution < -0.4 is 10.6 Å². The van der Waals surface area contributed by atoms with Crippen molar-refractivity contribution in [3.05, 3.63) is 50.0 Å². The van der Waals surface area contributed by atoms with E-state index in [1.807, 2.05) is 6.92 Å². The molecule has 6 nitrogen and oxygen atoms in total. The van der Waals surface area contributed by atoms with Gasteiger partial charge in [0, 0.05) is 18.1 Å². The number of nitrogens with zero attached hydrogens (tertiary/aromatic N) is 2. The van der Waals surface area contributed by atoms with E-state index >= 15 is 0 Å². The van der Waals surface area contributed by atoms with E-state index in [1.54, 1.807) is 19.2 Å². The zero-order chi connectivity index (χ0) is 15.6. The van der Waals surface area contributed by atoms with E-state index < -0.39 is 4.92 Å². The van der Waals surface area contributed by atoms with Crippen molar-refractivity contribution >= 4 is 46.2 Å². The number of nitro groups is 1. The van der Waals surface area contributed by atoms with Crippen molar-refractivity contribution in [3.63, 3.8) is 0 Å². The molecule has 1 heterocycles. The summed E-state index contributed by atoms with van der Waals surface area (Å²) in [6.07, 6.45) is 0. The van der Waals surface area contributed by atoms with Crippen LogP contribution in [0.15, 0.2) is 24.3 Å². The average molecular weight is 327 g/mol. The number of benzene rings is 1. The fourth-order valence-electron chi connectivity index (χ4n) is 1.70. The third-order valence-corrected chi connectivity index (χ3v) is 3.55. The minimum Gasteiger partial charge on any atom is -0.373 e. The van der Waals surface area contributed by atoms with E-state index in [0.717, 1.165) is 5.56 Å². The third-order valence-electron chi connectivity index (χ3n) is 2.83. The lowest BCUT2D eigenvalue weighted by atomic mass is 10.2. The predicted octanol–water partition coefficient (Wildman–Crippen LogP) is 4.39. The molecule has 110 valence electrons. The number of nitrogens with one attached hydrogen (secondary N) is 2. The van der Waals surface area contributed by atoms with Crippen molar-refractivity contribution in [2.45, 2.75) is 6.92 Å². The summed E-state index contributed by atoms with van der Waals surface area (Å²) in [6.45, 7) is 1.82. The molecular weight excluding hydrogens is 315 g/mol. The van der Waals surface area contributed by atoms with Crippen LogP contribution in [-0.2, 0) is 0 Å². The third kappa shape index (κ3) is 3.34. The van der Waals surface area contributed by atoms with Gasteiger partial charge in [-0.2, -0.15) is 0 Å². The summed E-state index contributed by atoms with van der Waals surface area (Å²) in [5.74, 6) is 0.589. The molecule has 0 aliphatic heterocycles. The molecule has 21 heavy (non-hydrogen) atoms. The van der Waals surface area contributed by atoms with Gasteiger partial charge in [0.1, 0.15) is 5.82 Å². The Labute approximate surface area is 131 Å². The molecule has 0 radical (unpaired) electrons. The molecule has 0 spiro atoms. The Balaban J connectivity index is 2.47. The molecule has 0 atom stereocenters. The lowest BCUT2D eigenvalue weighted by Gasteiger charge is -2.11. The maximum Gasteiger partial charge on any atom is 0.311 e. The monoisotopic (exact) mass is 326 g/mol. The normalized spacial score (nSPS) is 10.3. The largest absolute Gasteiger partial charge is 0.373 e. The highest BCUT2D eigenvalue weighted by atomic mass is 35.5. The van der Waals surface area contributed by atoms with Crippen molar-refractivity contribution in [1.82, 2.24) is 4.98 Å². The lowest BCUT2D eigenvalue weighted by Crippen LogP contribution is -2.03. The molecule has 0 saturated carbocycles. The predicted molar refractivity (Wildman–Crippen MR) is 84.9 cm³/mol. The van der Waals surface area contributed by atoms with Gasteiger partial charge in [0.15, 0.2) is 0 Å². The first-order valence-corrected chi connectivity index (χ1v) is 6.74. The summed E-state index contributed by atoms with van der Waals surface area (Å²) < 4.78 is 0. The molecular formula is C13H12Cl2N4O2. The highest BCUT2D eigenvalue weighted by molar-refractivity contribution is 6.35. The number of halogens is 2. The highest BCUT2D eigenvalue weighted by Crippen LogP contribution is 2.33. The Morgan fingerprint density at radius 2 is 1.95 bits per heavy atom. The van der Waals surface area contributed by atoms with Crippen LogP contribution in [0.2, 0.25) is 10.0 Å². The zero-order valence-corrected chi connectivity index (χ0v) is 12.8. The van der Waals surface area contributed by atoms with Gasteiger partial charge < -0.3 is 10.6 Å². The molecule has 0 saturated heterocycles. The van der Waals surface area contributed by atoms with Gasteiger partial charge >= 0.3 is 5.69 Å². The summed E-state index contributed by atoms with van der Waals surface area (Å²) in [5.41, 5.74) is 1.12. The summed E-state index contributed by atoms with van der Waals surface area (Å²) in [7, 11) is 1.67. The standard InChI is InChI=1S/C13H12Cl2N4O2/c1-7-5-9(15)10(6-8(7)14)17-13-11(19(20)21)3-4-12(16-2)18-13/h3-6H,1-2H3,(H2,16,17,18). The van der Waals surface area contributed by atoms with Crippen molar-refractivity contribution < 1.29 is 4.92 Å². The average Bonchev–Trinajstić information content (AvgIpc) is 2.44. The fraction of sp³-hybridized carbons (Fsp3) is 0.154. The smallest absolute Gasteiger partial charge is 0.311 e. The van der Waals surface area contributed by atoms with E-state index in [2.05, 4.69) is 15.6 Å². The van der Waals surface area contributed by atoms with Crippen molar-refractivity contribution in [1.29, 1.82) is 0 Å². The topological polar surface area (TPSA) is 80.1 Å². The van der Waals surface area contributed by atoms with Crippen molar-refractivity contribution in [2.24, 2.45) is 0 Å². The Morgan fingerprint density at radius 3 is 2.57 bits per heavy atom. The number of pyridine rings is 1. The second-order valence-corrected chi connectivity index (χ2v) is 5.09. The first-order chi connectivity index (χ1) is 9.92. The van der Waals surface area contributed by atoms with Gasteiger partial charge in [0.25, 0.3) is 0 Å². The second-order valence-electron chi connectivity index (χ2n) is 4.28. The summed E-state index contributed by atoms with van der Waals surface area (Å²) >= 11 is 12.2. The van der Waals surface area contributed by atoms with Gasteiger partial charge in [-0.05, 0) is 30.7 Å². The summed E-state index contributed by atoms with van der Waals surface area (Å²) in [6, 6.07) is 6.18. The highest BCUT2D eigenvalue weighted by Gasteiger charge is 2.17. The van der Waals surface area contributed by atoms with Crippen LogP contribution in [0.5, 0.6) is 0 Å². The molecule has 0 bridgehead atoms. The fourth-order valence-corrected chi connectivity index (χ4v) is 2.13. The Bertz CT molecular complexity index is 707. The molecule has 0 unspecified atom stereocenters. The minimum absolute atomic E-state index is 0.0914. The minimum atomic E-state index is -0.515. The maximum absolute atomic E-state index is 11.1. The molecule has 1 aromatic carbocycles. The van der Waals surface area contributed by atoms with Crippen LogP contribution >= 0.6 is 23.2 Å². The van der Waals surface area contributed by atoms with E-state index in [9.17, 15) is 10.1 Å². The van der Waals surface area contributed by atoms with Crippen LogP contribution in [0.3, 0.4) is 0 Å². The van der Waals surface area contributed by atoms with Crippen LogP contribution in [0.4, 0.5) is 23.0 Å². The molecule has 8 heteroatoms. The quantitative estimate of drug-likeness (QED) is 0.643. The number of hydrogen-bond donors (Lipinski definition) is 2. The maximum atomic E-state index is 11.1. The molecule has 0 amide bonds. The van der Waals surface area contributed by atoms with Crippen LogP contribution in [0.1, 0.15) is 5.56 Å². The first-order valence-electron chi connectivity index (χ1n) is 5.98. The lowest BCUT2D eigenvalue weighted by molar-refractivity contribution is -0.384. The van der Waals surface area contributed by atoms with E-state index in [-0.39, 0.29) is 11.5 Å². The van der Waals surface area contributed by atoms with E-state index in [4.69, 9.17) is 23.2 Å². The number of hydrogen-bond acceptors (Lipinski definition) is 5. The number of aryl methyl sites for hydroxylation is 1. The van der Waals surface area contributed by atoms with Crippen LogP contribution in [0.25, 0.3) is 0 Å². The zero-order valence-electron chi connectivity index (χ0n) is 11.3. The Morgan fingerprint density at radius 1 is 1.24 bits per heavy atom. The van der Waals surface area contributed by atoms with Gasteiger partial charge in [0.05, 0.1) is 15.6 Å². The number of rotatable bonds is 4. The Hall–Kier alpha value is -2.05. The first kappa shape index (κ1) is 15.3. The van der Waals surface area contributed by atoms with Crippen LogP contribution in [-0.4, -0.2) is 17.0 Å². The van der Waals surface area contributed by atoms with Gasteiger partial charge in [-0.1, -0.05) is 23.2 Å². The van der Waals surface area contributed by atoms with Gasteiger partial charge in [0.2, 0.25) is 5.82 Å². The number of anilines is 3. The van der Waals surface area contributed by atoms with Crippen molar-refractivity contribution in [2.75, 3.05) is 17.7 Å². The molecule has 2 N–H and O–H groups in total. The van der Waals surface area contributed by atoms with Crippen LogP contribution in [0, 0.1) is 17.0 Å². The molecule has 1 aromatic heterocycles. The molecule has 0 fully saturated rings. The Kier molecular flexibility index (Phi) is 4.50. The second kappa shape index (κ2) is 6.15. The van der Waals surface area contributed by atoms with Gasteiger partial charge in [-0.15, -0.1) is 0 Å². The number of aromatic nitrogens is 1. The SMILES string of the molecule is CNc1ccc([N+](=O)[O-])c(Nc2cc(Cl)c(C)cc2Cl)n1. The summed E-state index contributed by atoms with van der Waals surface area (Å²) in [5, 5.41) is 17.7. The molecule has 0 aliphatic rings. The van der Waals surface area contributed by atoms with E-state index in [0.29, 0.717) is 21.6 Å². The van der Waals surface area contributed by atoms with E-state index in [1.165, 1.54) is 12.1 Å².